The van der Waals surface area contributed by atoms with E-state index in [9.17, 15) is 19.7 Å². The van der Waals surface area contributed by atoms with Crippen molar-refractivity contribution in [2.45, 2.75) is 12.8 Å². The molecule has 0 spiro atoms. The van der Waals surface area contributed by atoms with Gasteiger partial charge < -0.3 is 4.74 Å². The first-order valence-corrected chi connectivity index (χ1v) is 6.50. The number of hydrogen-bond acceptors (Lipinski definition) is 5. The minimum Gasteiger partial charge on any atom is -0.381 e. The number of hydrogen-bond donors (Lipinski definition) is 2. The fourth-order valence-electron chi connectivity index (χ4n) is 1.99. The predicted molar refractivity (Wildman–Crippen MR) is 72.2 cm³/mol. The monoisotopic (exact) mass is 293 g/mol. The third-order valence-electron chi connectivity index (χ3n) is 3.23. The van der Waals surface area contributed by atoms with Crippen LogP contribution in [0.5, 0.6) is 0 Å². The molecule has 1 aliphatic heterocycles. The second-order valence-corrected chi connectivity index (χ2v) is 4.63. The van der Waals surface area contributed by atoms with Gasteiger partial charge in [-0.25, -0.2) is 0 Å². The quantitative estimate of drug-likeness (QED) is 0.632. The fourth-order valence-corrected chi connectivity index (χ4v) is 1.99. The summed E-state index contributed by atoms with van der Waals surface area (Å²) in [5.74, 6) is -0.949. The van der Waals surface area contributed by atoms with Crippen molar-refractivity contribution in [1.82, 2.24) is 10.9 Å². The lowest BCUT2D eigenvalue weighted by Crippen LogP contribution is -2.45. The Morgan fingerprint density at radius 3 is 2.33 bits per heavy atom. The molecule has 8 heteroatoms. The van der Waals surface area contributed by atoms with E-state index >= 15 is 0 Å². The zero-order chi connectivity index (χ0) is 15.2. The number of nitro groups is 1. The Balaban J connectivity index is 1.86. The van der Waals surface area contributed by atoms with Gasteiger partial charge in [0.25, 0.3) is 11.6 Å². The lowest BCUT2D eigenvalue weighted by molar-refractivity contribution is -0.384. The summed E-state index contributed by atoms with van der Waals surface area (Å²) in [5.41, 5.74) is 4.79. The molecule has 8 nitrogen and oxygen atoms in total. The number of ether oxygens (including phenoxy) is 1. The van der Waals surface area contributed by atoms with Gasteiger partial charge in [0.1, 0.15) is 0 Å². The molecule has 2 rings (SSSR count). The largest absolute Gasteiger partial charge is 0.381 e. The van der Waals surface area contributed by atoms with Gasteiger partial charge >= 0.3 is 0 Å². The van der Waals surface area contributed by atoms with Crippen molar-refractivity contribution in [3.05, 3.63) is 39.9 Å². The van der Waals surface area contributed by atoms with Crippen LogP contribution >= 0.6 is 0 Å². The van der Waals surface area contributed by atoms with Gasteiger partial charge in [0.15, 0.2) is 0 Å². The van der Waals surface area contributed by atoms with Crippen LogP contribution in [-0.2, 0) is 9.53 Å². The molecule has 0 aromatic heterocycles. The summed E-state index contributed by atoms with van der Waals surface area (Å²) in [6, 6.07) is 5.12. The fraction of sp³-hybridized carbons (Fsp3) is 0.385. The minimum absolute atomic E-state index is 0.0993. The van der Waals surface area contributed by atoms with Gasteiger partial charge in [-0.3, -0.25) is 30.6 Å². The number of hydrazine groups is 1. The number of nitrogens with zero attached hydrogens (tertiary/aromatic N) is 1. The summed E-state index contributed by atoms with van der Waals surface area (Å²) >= 11 is 0. The normalized spacial score (nSPS) is 15.2. The molecule has 112 valence electrons. The zero-order valence-electron chi connectivity index (χ0n) is 11.2. The van der Waals surface area contributed by atoms with E-state index in [0.29, 0.717) is 26.1 Å². The molecule has 1 fully saturated rings. The van der Waals surface area contributed by atoms with Crippen molar-refractivity contribution in [3.63, 3.8) is 0 Å². The maximum atomic E-state index is 11.8. The van der Waals surface area contributed by atoms with Gasteiger partial charge in [-0.1, -0.05) is 0 Å². The third-order valence-corrected chi connectivity index (χ3v) is 3.23. The molecule has 1 aromatic carbocycles. The van der Waals surface area contributed by atoms with Crippen LogP contribution in [-0.4, -0.2) is 30.0 Å². The van der Waals surface area contributed by atoms with Crippen LogP contribution in [0.15, 0.2) is 24.3 Å². The molecule has 1 heterocycles. The molecule has 2 amide bonds. The highest BCUT2D eigenvalue weighted by Gasteiger charge is 2.22. The van der Waals surface area contributed by atoms with Crippen molar-refractivity contribution in [2.24, 2.45) is 5.92 Å². The van der Waals surface area contributed by atoms with Gasteiger partial charge in [0, 0.05) is 36.8 Å². The van der Waals surface area contributed by atoms with E-state index in [0.717, 1.165) is 0 Å². The molecular weight excluding hydrogens is 278 g/mol. The summed E-state index contributed by atoms with van der Waals surface area (Å²) < 4.78 is 5.15. The first-order chi connectivity index (χ1) is 10.1. The Morgan fingerprint density at radius 1 is 1.14 bits per heavy atom. The summed E-state index contributed by atoms with van der Waals surface area (Å²) in [6.45, 7) is 1.07. The number of non-ortho nitro benzene ring substituents is 1. The number of carbonyl (C=O) groups excluding carboxylic acids is 2. The second-order valence-electron chi connectivity index (χ2n) is 4.63. The Morgan fingerprint density at radius 2 is 1.76 bits per heavy atom. The topological polar surface area (TPSA) is 111 Å². The van der Waals surface area contributed by atoms with Gasteiger partial charge in [-0.15, -0.1) is 0 Å². The molecule has 2 N–H and O–H groups in total. The van der Waals surface area contributed by atoms with E-state index in [4.69, 9.17) is 4.74 Å². The standard InChI is InChI=1S/C13H15N3O5/c17-12(9-1-3-11(4-2-9)16(19)20)14-15-13(18)10-5-7-21-8-6-10/h1-4,10H,5-8H2,(H,14,17)(H,15,18). The maximum absolute atomic E-state index is 11.8. The van der Waals surface area contributed by atoms with Crippen LogP contribution < -0.4 is 10.9 Å². The van der Waals surface area contributed by atoms with Gasteiger partial charge in [0.2, 0.25) is 5.91 Å². The Hall–Kier alpha value is -2.48. The maximum Gasteiger partial charge on any atom is 0.269 e. The molecule has 1 aliphatic rings. The van der Waals surface area contributed by atoms with Crippen LogP contribution in [0.4, 0.5) is 5.69 Å². The average molecular weight is 293 g/mol. The van der Waals surface area contributed by atoms with E-state index in [2.05, 4.69) is 10.9 Å². The van der Waals surface area contributed by atoms with E-state index in [1.165, 1.54) is 24.3 Å². The summed E-state index contributed by atoms with van der Waals surface area (Å²) in [6.07, 6.45) is 1.25. The molecule has 0 unspecified atom stereocenters. The van der Waals surface area contributed by atoms with Crippen LogP contribution in [0.1, 0.15) is 23.2 Å². The highest BCUT2D eigenvalue weighted by Crippen LogP contribution is 2.14. The Kier molecular flexibility index (Phi) is 4.83. The lowest BCUT2D eigenvalue weighted by atomic mass is 10.00. The van der Waals surface area contributed by atoms with E-state index in [-0.39, 0.29) is 23.1 Å². The molecule has 0 saturated carbocycles. The SMILES string of the molecule is O=C(NNC(=O)C1CCOCC1)c1ccc([N+](=O)[O-])cc1. The third kappa shape index (κ3) is 3.99. The minimum atomic E-state index is -0.547. The number of nitrogens with one attached hydrogen (secondary N) is 2. The Bertz CT molecular complexity index is 537. The first kappa shape index (κ1) is 14.9. The van der Waals surface area contributed by atoms with E-state index in [1.54, 1.807) is 0 Å². The molecule has 0 atom stereocenters. The number of carbonyl (C=O) groups is 2. The smallest absolute Gasteiger partial charge is 0.269 e. The van der Waals surface area contributed by atoms with Crippen LogP contribution in [0.3, 0.4) is 0 Å². The second kappa shape index (κ2) is 6.80. The van der Waals surface area contributed by atoms with Crippen molar-refractivity contribution < 1.29 is 19.2 Å². The van der Waals surface area contributed by atoms with Crippen LogP contribution in [0.2, 0.25) is 0 Å². The molecule has 0 radical (unpaired) electrons. The van der Waals surface area contributed by atoms with E-state index < -0.39 is 10.8 Å². The molecular formula is C13H15N3O5. The number of rotatable bonds is 3. The molecule has 1 saturated heterocycles. The van der Waals surface area contributed by atoms with Gasteiger partial charge in [-0.05, 0) is 25.0 Å². The molecule has 0 bridgehead atoms. The average Bonchev–Trinajstić information content (AvgIpc) is 2.53. The van der Waals surface area contributed by atoms with E-state index in [1.807, 2.05) is 0 Å². The van der Waals surface area contributed by atoms with Crippen molar-refractivity contribution in [2.75, 3.05) is 13.2 Å². The van der Waals surface area contributed by atoms with Crippen LogP contribution in [0, 0.1) is 16.0 Å². The lowest BCUT2D eigenvalue weighted by Gasteiger charge is -2.21. The predicted octanol–water partition coefficient (Wildman–Crippen LogP) is 0.782. The highest BCUT2D eigenvalue weighted by molar-refractivity contribution is 5.95. The van der Waals surface area contributed by atoms with Crippen molar-refractivity contribution >= 4 is 17.5 Å². The van der Waals surface area contributed by atoms with Gasteiger partial charge in [-0.2, -0.15) is 0 Å². The molecule has 0 aliphatic carbocycles. The van der Waals surface area contributed by atoms with Crippen molar-refractivity contribution in [3.8, 4) is 0 Å². The Labute approximate surface area is 120 Å². The van der Waals surface area contributed by atoms with Gasteiger partial charge in [0.05, 0.1) is 4.92 Å². The first-order valence-electron chi connectivity index (χ1n) is 6.50. The number of nitro benzene ring substituents is 1. The van der Waals surface area contributed by atoms with Crippen LogP contribution in [0.25, 0.3) is 0 Å². The number of benzene rings is 1. The zero-order valence-corrected chi connectivity index (χ0v) is 11.2. The number of amides is 2. The summed E-state index contributed by atoms with van der Waals surface area (Å²) in [5, 5.41) is 10.5. The van der Waals surface area contributed by atoms with Crippen molar-refractivity contribution in [1.29, 1.82) is 0 Å². The summed E-state index contributed by atoms with van der Waals surface area (Å²) in [4.78, 5) is 33.6. The summed E-state index contributed by atoms with van der Waals surface area (Å²) in [7, 11) is 0. The highest BCUT2D eigenvalue weighted by atomic mass is 16.6. The molecule has 21 heavy (non-hydrogen) atoms. The molecule has 1 aromatic rings.